The smallest absolute Gasteiger partial charge is 0.257 e. The van der Waals surface area contributed by atoms with Crippen molar-refractivity contribution in [2.75, 3.05) is 10.6 Å². The summed E-state index contributed by atoms with van der Waals surface area (Å²) >= 11 is 6.13. The van der Waals surface area contributed by atoms with Crippen molar-refractivity contribution >= 4 is 34.6 Å². The molecule has 0 bridgehead atoms. The highest BCUT2D eigenvalue weighted by Crippen LogP contribution is 2.23. The van der Waals surface area contributed by atoms with Gasteiger partial charge in [-0.05, 0) is 42.8 Å². The van der Waals surface area contributed by atoms with E-state index in [0.717, 1.165) is 11.3 Å². The lowest BCUT2D eigenvalue weighted by atomic mass is 10.1. The van der Waals surface area contributed by atoms with Gasteiger partial charge >= 0.3 is 0 Å². The first-order valence-corrected chi connectivity index (χ1v) is 8.23. The molecule has 1 heterocycles. The van der Waals surface area contributed by atoms with E-state index in [1.54, 1.807) is 36.5 Å². The molecule has 2 N–H and O–H groups in total. The van der Waals surface area contributed by atoms with Gasteiger partial charge in [0, 0.05) is 16.9 Å². The van der Waals surface area contributed by atoms with Crippen LogP contribution in [0.2, 0.25) is 5.02 Å². The van der Waals surface area contributed by atoms with E-state index < -0.39 is 0 Å². The Labute approximate surface area is 156 Å². The van der Waals surface area contributed by atoms with Crippen molar-refractivity contribution in [1.29, 1.82) is 5.26 Å². The lowest BCUT2D eigenvalue weighted by molar-refractivity contribution is 0.102. The first-order chi connectivity index (χ1) is 12.6. The van der Waals surface area contributed by atoms with Gasteiger partial charge in [-0.25, -0.2) is 0 Å². The predicted octanol–water partition coefficient (Wildman–Crippen LogP) is 4.91. The third-order valence-electron chi connectivity index (χ3n) is 3.76. The Morgan fingerprint density at radius 3 is 2.69 bits per heavy atom. The zero-order valence-electron chi connectivity index (χ0n) is 14.0. The molecule has 0 saturated carbocycles. The van der Waals surface area contributed by atoms with Gasteiger partial charge in [0.15, 0.2) is 0 Å². The summed E-state index contributed by atoms with van der Waals surface area (Å²) in [6.07, 6.45) is 3.09. The molecule has 0 aliphatic carbocycles. The van der Waals surface area contributed by atoms with E-state index >= 15 is 0 Å². The van der Waals surface area contributed by atoms with Gasteiger partial charge in [-0.1, -0.05) is 29.8 Å². The number of halogens is 1. The van der Waals surface area contributed by atoms with Gasteiger partial charge in [0.25, 0.3) is 5.91 Å². The molecule has 0 saturated heterocycles. The highest BCUT2D eigenvalue weighted by Gasteiger charge is 2.10. The van der Waals surface area contributed by atoms with Crippen LogP contribution in [0.5, 0.6) is 0 Å². The molecule has 0 radical (unpaired) electrons. The highest BCUT2D eigenvalue weighted by atomic mass is 35.5. The molecule has 2 aromatic carbocycles. The first-order valence-electron chi connectivity index (χ1n) is 7.85. The average Bonchev–Trinajstić information content (AvgIpc) is 2.65. The summed E-state index contributed by atoms with van der Waals surface area (Å²) in [6, 6.07) is 16.2. The van der Waals surface area contributed by atoms with Crippen molar-refractivity contribution in [2.24, 2.45) is 0 Å². The minimum atomic E-state index is -0.342. The predicted molar refractivity (Wildman–Crippen MR) is 103 cm³/mol. The minimum absolute atomic E-state index is 0.342. The third kappa shape index (κ3) is 4.00. The maximum atomic E-state index is 12.5. The fourth-order valence-electron chi connectivity index (χ4n) is 2.35. The number of aryl methyl sites for hydroxylation is 1. The second-order valence-corrected chi connectivity index (χ2v) is 6.07. The number of carbonyl (C=O) groups is 1. The zero-order valence-corrected chi connectivity index (χ0v) is 14.7. The van der Waals surface area contributed by atoms with Crippen LogP contribution in [-0.2, 0) is 0 Å². The number of pyridine rings is 1. The molecule has 0 fully saturated rings. The fraction of sp³-hybridized carbons (Fsp3) is 0.0500. The molecule has 26 heavy (non-hydrogen) atoms. The van der Waals surface area contributed by atoms with E-state index in [-0.39, 0.29) is 5.91 Å². The van der Waals surface area contributed by atoms with Crippen LogP contribution in [0.15, 0.2) is 60.9 Å². The van der Waals surface area contributed by atoms with E-state index in [4.69, 9.17) is 16.9 Å². The number of anilines is 3. The van der Waals surface area contributed by atoms with E-state index in [9.17, 15) is 4.79 Å². The number of nitrogens with zero attached hydrogens (tertiary/aromatic N) is 2. The summed E-state index contributed by atoms with van der Waals surface area (Å²) in [6.45, 7) is 1.93. The summed E-state index contributed by atoms with van der Waals surface area (Å²) in [5.74, 6) is -0.342. The Bertz CT molecular complexity index is 1010. The lowest BCUT2D eigenvalue weighted by Crippen LogP contribution is -2.13. The van der Waals surface area contributed by atoms with Crippen LogP contribution in [0.4, 0.5) is 17.1 Å². The van der Waals surface area contributed by atoms with Gasteiger partial charge in [-0.2, -0.15) is 5.26 Å². The number of benzene rings is 2. The topological polar surface area (TPSA) is 77.8 Å². The molecule has 1 amide bonds. The maximum absolute atomic E-state index is 12.5. The monoisotopic (exact) mass is 362 g/mol. The Morgan fingerprint density at radius 1 is 1.12 bits per heavy atom. The van der Waals surface area contributed by atoms with Gasteiger partial charge in [0.05, 0.1) is 28.7 Å². The van der Waals surface area contributed by atoms with Gasteiger partial charge in [0.1, 0.15) is 6.07 Å². The third-order valence-corrected chi connectivity index (χ3v) is 4.16. The Balaban J connectivity index is 1.79. The van der Waals surface area contributed by atoms with Crippen LogP contribution >= 0.6 is 11.6 Å². The van der Waals surface area contributed by atoms with Crippen molar-refractivity contribution in [3.05, 3.63) is 82.6 Å². The summed E-state index contributed by atoms with van der Waals surface area (Å²) in [7, 11) is 0. The molecule has 1 aromatic heterocycles. The molecule has 3 aromatic rings. The molecular formula is C20H15ClN4O. The minimum Gasteiger partial charge on any atom is -0.354 e. The van der Waals surface area contributed by atoms with E-state index in [0.29, 0.717) is 27.5 Å². The van der Waals surface area contributed by atoms with Crippen LogP contribution in [0.1, 0.15) is 21.5 Å². The van der Waals surface area contributed by atoms with E-state index in [1.807, 2.05) is 25.1 Å². The van der Waals surface area contributed by atoms with E-state index in [2.05, 4.69) is 21.7 Å². The van der Waals surface area contributed by atoms with Crippen LogP contribution in [0.25, 0.3) is 0 Å². The molecule has 128 valence electrons. The van der Waals surface area contributed by atoms with Gasteiger partial charge in [-0.3, -0.25) is 9.78 Å². The number of nitriles is 1. The summed E-state index contributed by atoms with van der Waals surface area (Å²) < 4.78 is 0. The molecule has 0 aliphatic heterocycles. The zero-order chi connectivity index (χ0) is 18.5. The van der Waals surface area contributed by atoms with Crippen molar-refractivity contribution in [3.8, 4) is 6.07 Å². The Morgan fingerprint density at radius 2 is 1.92 bits per heavy atom. The SMILES string of the molecule is Cc1ccc(Nc2cncc(C(=O)Nc3ccccc3C#N)c2)cc1Cl. The second kappa shape index (κ2) is 7.68. The standard InChI is InChI=1S/C20H15ClN4O/c1-13-6-7-16(9-18(13)21)24-17-8-15(11-23-12-17)20(26)25-19-5-3-2-4-14(19)10-22/h2-9,11-12,24H,1H3,(H,25,26). The highest BCUT2D eigenvalue weighted by molar-refractivity contribution is 6.31. The van der Waals surface area contributed by atoms with Gasteiger partial charge in [-0.15, -0.1) is 0 Å². The maximum Gasteiger partial charge on any atom is 0.257 e. The lowest BCUT2D eigenvalue weighted by Gasteiger charge is -2.10. The Hall–Kier alpha value is -3.36. The number of rotatable bonds is 4. The number of amides is 1. The number of hydrogen-bond donors (Lipinski definition) is 2. The fourth-order valence-corrected chi connectivity index (χ4v) is 2.53. The molecular weight excluding hydrogens is 348 g/mol. The van der Waals surface area contributed by atoms with Crippen molar-refractivity contribution in [1.82, 2.24) is 4.98 Å². The number of para-hydroxylation sites is 1. The number of aromatic nitrogens is 1. The number of carbonyl (C=O) groups excluding carboxylic acids is 1. The largest absolute Gasteiger partial charge is 0.354 e. The second-order valence-electron chi connectivity index (χ2n) is 5.66. The summed E-state index contributed by atoms with van der Waals surface area (Å²) in [4.78, 5) is 16.6. The van der Waals surface area contributed by atoms with Crippen LogP contribution in [-0.4, -0.2) is 10.9 Å². The van der Waals surface area contributed by atoms with Crippen LogP contribution in [0.3, 0.4) is 0 Å². The number of nitrogens with one attached hydrogen (secondary N) is 2. The van der Waals surface area contributed by atoms with Crippen LogP contribution in [0, 0.1) is 18.3 Å². The van der Waals surface area contributed by atoms with Crippen molar-refractivity contribution in [2.45, 2.75) is 6.92 Å². The number of hydrogen-bond acceptors (Lipinski definition) is 4. The molecule has 3 rings (SSSR count). The first kappa shape index (κ1) is 17.5. The molecule has 6 heteroatoms. The van der Waals surface area contributed by atoms with Gasteiger partial charge in [0.2, 0.25) is 0 Å². The van der Waals surface area contributed by atoms with E-state index in [1.165, 1.54) is 6.20 Å². The normalized spacial score (nSPS) is 10.0. The molecule has 0 atom stereocenters. The quantitative estimate of drug-likeness (QED) is 0.691. The van der Waals surface area contributed by atoms with Crippen molar-refractivity contribution < 1.29 is 4.79 Å². The molecule has 0 spiro atoms. The summed E-state index contributed by atoms with van der Waals surface area (Å²) in [5.41, 5.74) is 3.68. The average molecular weight is 363 g/mol. The molecule has 5 nitrogen and oxygen atoms in total. The van der Waals surface area contributed by atoms with Gasteiger partial charge < -0.3 is 10.6 Å². The van der Waals surface area contributed by atoms with Crippen molar-refractivity contribution in [3.63, 3.8) is 0 Å². The van der Waals surface area contributed by atoms with Crippen LogP contribution < -0.4 is 10.6 Å². The molecule has 0 unspecified atom stereocenters. The molecule has 0 aliphatic rings. The Kier molecular flexibility index (Phi) is 5.16. The summed E-state index contributed by atoms with van der Waals surface area (Å²) in [5, 5.41) is 15.7.